The van der Waals surface area contributed by atoms with Crippen LogP contribution in [0.2, 0.25) is 0 Å². The molecule has 0 atom stereocenters. The molecule has 4 nitrogen and oxygen atoms in total. The zero-order valence-corrected chi connectivity index (χ0v) is 8.97. The van der Waals surface area contributed by atoms with E-state index in [4.69, 9.17) is 0 Å². The minimum absolute atomic E-state index is 0.126. The molecule has 6 heteroatoms. The van der Waals surface area contributed by atoms with Crippen molar-refractivity contribution in [2.75, 3.05) is 12.0 Å². The molecule has 1 rings (SSSR count). The fourth-order valence-electron chi connectivity index (χ4n) is 0.720. The molecule has 0 aliphatic heterocycles. The van der Waals surface area contributed by atoms with E-state index >= 15 is 0 Å². The Labute approximate surface area is 79.6 Å². The fourth-order valence-corrected chi connectivity index (χ4v) is 1.57. The summed E-state index contributed by atoms with van der Waals surface area (Å²) in [5.41, 5.74) is 0. The van der Waals surface area contributed by atoms with Gasteiger partial charge in [-0.2, -0.15) is 5.10 Å². The smallest absolute Gasteiger partial charge is 0.149 e. The van der Waals surface area contributed by atoms with Gasteiger partial charge in [0.15, 0.2) is 0 Å². The first-order valence-corrected chi connectivity index (χ1v) is 6.18. The number of hydrogen-bond donors (Lipinski definition) is 0. The number of sulfone groups is 1. The van der Waals surface area contributed by atoms with Crippen LogP contribution in [0.3, 0.4) is 0 Å². The highest BCUT2D eigenvalue weighted by Gasteiger charge is 2.02. The van der Waals surface area contributed by atoms with Gasteiger partial charge >= 0.3 is 0 Å². The van der Waals surface area contributed by atoms with Gasteiger partial charge in [-0.25, -0.2) is 8.42 Å². The third-order valence-electron chi connectivity index (χ3n) is 1.29. The molecule has 0 aromatic carbocycles. The van der Waals surface area contributed by atoms with Crippen LogP contribution in [0.4, 0.5) is 0 Å². The van der Waals surface area contributed by atoms with Crippen LogP contribution < -0.4 is 0 Å². The van der Waals surface area contributed by atoms with Crippen molar-refractivity contribution in [3.8, 4) is 0 Å². The topological polar surface area (TPSA) is 52.0 Å². The number of aromatic nitrogens is 2. The van der Waals surface area contributed by atoms with E-state index in [1.165, 1.54) is 6.26 Å². The third-order valence-corrected chi connectivity index (χ3v) is 2.63. The third kappa shape index (κ3) is 3.36. The second-order valence-electron chi connectivity index (χ2n) is 2.55. The predicted molar refractivity (Wildman–Crippen MR) is 49.6 cm³/mol. The molecule has 1 aromatic heterocycles. The summed E-state index contributed by atoms with van der Waals surface area (Å²) in [6, 6.07) is 0. The number of halogens is 1. The molecule has 0 aliphatic carbocycles. The van der Waals surface area contributed by atoms with E-state index in [-0.39, 0.29) is 5.75 Å². The van der Waals surface area contributed by atoms with E-state index in [0.717, 1.165) is 4.47 Å². The van der Waals surface area contributed by atoms with Crippen molar-refractivity contribution in [2.24, 2.45) is 0 Å². The monoisotopic (exact) mass is 252 g/mol. The maximum Gasteiger partial charge on any atom is 0.149 e. The minimum Gasteiger partial charge on any atom is -0.271 e. The number of rotatable bonds is 3. The molecule has 1 heterocycles. The Morgan fingerprint density at radius 1 is 1.67 bits per heavy atom. The van der Waals surface area contributed by atoms with E-state index in [2.05, 4.69) is 21.0 Å². The van der Waals surface area contributed by atoms with Crippen molar-refractivity contribution in [3.63, 3.8) is 0 Å². The lowest BCUT2D eigenvalue weighted by molar-refractivity contribution is 0.586. The molecule has 0 unspecified atom stereocenters. The molecule has 12 heavy (non-hydrogen) atoms. The Hall–Kier alpha value is -0.360. The number of aryl methyl sites for hydroxylation is 1. The normalized spacial score (nSPS) is 11.8. The number of hydrogen-bond acceptors (Lipinski definition) is 3. The Bertz CT molecular complexity index is 357. The van der Waals surface area contributed by atoms with Gasteiger partial charge in [0.25, 0.3) is 0 Å². The number of nitrogens with zero attached hydrogens (tertiary/aromatic N) is 2. The van der Waals surface area contributed by atoms with E-state index in [9.17, 15) is 8.42 Å². The second kappa shape index (κ2) is 3.57. The summed E-state index contributed by atoms with van der Waals surface area (Å²) in [5.74, 6) is 0.126. The lowest BCUT2D eigenvalue weighted by Gasteiger charge is -1.97. The fraction of sp³-hybridized carbons (Fsp3) is 0.500. The molecule has 0 radical (unpaired) electrons. The predicted octanol–water partition coefficient (Wildman–Crippen LogP) is 0.690. The van der Waals surface area contributed by atoms with Gasteiger partial charge in [0, 0.05) is 12.5 Å². The summed E-state index contributed by atoms with van der Waals surface area (Å²) in [6.45, 7) is 0.407. The largest absolute Gasteiger partial charge is 0.271 e. The summed E-state index contributed by atoms with van der Waals surface area (Å²) in [6.07, 6.45) is 4.58. The van der Waals surface area contributed by atoms with Crippen LogP contribution in [0.25, 0.3) is 0 Å². The molecule has 1 aromatic rings. The first-order chi connectivity index (χ1) is 5.47. The highest BCUT2D eigenvalue weighted by Crippen LogP contribution is 2.05. The summed E-state index contributed by atoms with van der Waals surface area (Å²) in [7, 11) is -2.89. The summed E-state index contributed by atoms with van der Waals surface area (Å²) in [4.78, 5) is 0. The van der Waals surface area contributed by atoms with E-state index in [1.807, 2.05) is 0 Å². The lowest BCUT2D eigenvalue weighted by Crippen LogP contribution is -2.11. The van der Waals surface area contributed by atoms with Gasteiger partial charge in [-0.3, -0.25) is 4.68 Å². The zero-order chi connectivity index (χ0) is 9.19. The average molecular weight is 253 g/mol. The van der Waals surface area contributed by atoms with Gasteiger partial charge in [0.2, 0.25) is 0 Å². The van der Waals surface area contributed by atoms with Crippen molar-refractivity contribution < 1.29 is 8.42 Å². The minimum atomic E-state index is -2.89. The Morgan fingerprint density at radius 3 is 2.75 bits per heavy atom. The molecule has 0 bridgehead atoms. The zero-order valence-electron chi connectivity index (χ0n) is 6.57. The molecule has 0 fully saturated rings. The van der Waals surface area contributed by atoms with Crippen LogP contribution in [0.15, 0.2) is 16.9 Å². The second-order valence-corrected chi connectivity index (χ2v) is 5.73. The molecule has 0 aliphatic rings. The van der Waals surface area contributed by atoms with E-state index < -0.39 is 9.84 Å². The molecule has 0 spiro atoms. The van der Waals surface area contributed by atoms with Crippen LogP contribution in [0, 0.1) is 0 Å². The standard InChI is InChI=1S/C6H9BrN2O2S/c1-12(10,11)3-2-9-5-6(7)4-8-9/h4-5H,2-3H2,1H3. The van der Waals surface area contributed by atoms with E-state index in [1.54, 1.807) is 17.1 Å². The van der Waals surface area contributed by atoms with Gasteiger partial charge in [-0.15, -0.1) is 0 Å². The van der Waals surface area contributed by atoms with Crippen molar-refractivity contribution in [1.29, 1.82) is 0 Å². The molecule has 0 saturated carbocycles. The van der Waals surface area contributed by atoms with Gasteiger partial charge in [-0.05, 0) is 15.9 Å². The average Bonchev–Trinajstić information content (AvgIpc) is 2.30. The molecular weight excluding hydrogens is 244 g/mol. The summed E-state index contributed by atoms with van der Waals surface area (Å²) in [5, 5.41) is 3.92. The quantitative estimate of drug-likeness (QED) is 0.796. The highest BCUT2D eigenvalue weighted by molar-refractivity contribution is 9.10. The Morgan fingerprint density at radius 2 is 2.33 bits per heavy atom. The molecule has 0 amide bonds. The Balaban J connectivity index is 2.55. The van der Waals surface area contributed by atoms with Crippen LogP contribution in [0.5, 0.6) is 0 Å². The first-order valence-electron chi connectivity index (χ1n) is 3.33. The lowest BCUT2D eigenvalue weighted by atomic mass is 10.7. The van der Waals surface area contributed by atoms with Gasteiger partial charge in [0.1, 0.15) is 9.84 Å². The van der Waals surface area contributed by atoms with Crippen LogP contribution in [0.1, 0.15) is 0 Å². The summed E-state index contributed by atoms with van der Waals surface area (Å²) >= 11 is 3.22. The molecule has 68 valence electrons. The first kappa shape index (κ1) is 9.73. The molecule has 0 N–H and O–H groups in total. The van der Waals surface area contributed by atoms with Crippen LogP contribution in [-0.2, 0) is 16.4 Å². The van der Waals surface area contributed by atoms with E-state index in [0.29, 0.717) is 6.54 Å². The van der Waals surface area contributed by atoms with Crippen LogP contribution in [-0.4, -0.2) is 30.2 Å². The summed E-state index contributed by atoms with van der Waals surface area (Å²) < 4.78 is 24.0. The van der Waals surface area contributed by atoms with Crippen molar-refractivity contribution >= 4 is 25.8 Å². The SMILES string of the molecule is CS(=O)(=O)CCn1cc(Br)cn1. The molecular formula is C6H9BrN2O2S. The highest BCUT2D eigenvalue weighted by atomic mass is 79.9. The van der Waals surface area contributed by atoms with Crippen molar-refractivity contribution in [2.45, 2.75) is 6.54 Å². The Kier molecular flexibility index (Phi) is 2.89. The van der Waals surface area contributed by atoms with Crippen molar-refractivity contribution in [1.82, 2.24) is 9.78 Å². The maximum atomic E-state index is 10.8. The van der Waals surface area contributed by atoms with Gasteiger partial charge in [-0.1, -0.05) is 0 Å². The molecule has 0 saturated heterocycles. The van der Waals surface area contributed by atoms with Crippen LogP contribution >= 0.6 is 15.9 Å². The van der Waals surface area contributed by atoms with Gasteiger partial charge in [0.05, 0.1) is 23.0 Å². The maximum absolute atomic E-state index is 10.8. The van der Waals surface area contributed by atoms with Gasteiger partial charge < -0.3 is 0 Å². The van der Waals surface area contributed by atoms with Crippen molar-refractivity contribution in [3.05, 3.63) is 16.9 Å².